The smallest absolute Gasteiger partial charge is 0.156 e. The lowest BCUT2D eigenvalue weighted by Crippen LogP contribution is -2.20. The molecule has 0 saturated carbocycles. The first-order valence-corrected chi connectivity index (χ1v) is 10.4. The molecule has 1 unspecified atom stereocenters. The summed E-state index contributed by atoms with van der Waals surface area (Å²) in [5.41, 5.74) is 3.41. The van der Waals surface area contributed by atoms with E-state index < -0.39 is 0 Å². The predicted molar refractivity (Wildman–Crippen MR) is 125 cm³/mol. The molecule has 0 bridgehead atoms. The van der Waals surface area contributed by atoms with Crippen LogP contribution in [0.25, 0.3) is 0 Å². The minimum absolute atomic E-state index is 0. The van der Waals surface area contributed by atoms with Crippen molar-refractivity contribution in [2.75, 3.05) is 0 Å². The van der Waals surface area contributed by atoms with Gasteiger partial charge in [0.25, 0.3) is 0 Å². The van der Waals surface area contributed by atoms with E-state index in [1.165, 1.54) is 5.56 Å². The van der Waals surface area contributed by atoms with Gasteiger partial charge in [-0.1, -0.05) is 97.2 Å². The molecule has 3 rings (SSSR count). The van der Waals surface area contributed by atoms with Crippen molar-refractivity contribution >= 4 is 35.6 Å². The Morgan fingerprint density at radius 1 is 0.862 bits per heavy atom. The SMILES string of the molecule is CCCC(NCc1cc(Cl)c(OCc2ccccc2)c(Cl)c1)c1ccccc1.Cl. The topological polar surface area (TPSA) is 21.3 Å². The third kappa shape index (κ3) is 6.94. The summed E-state index contributed by atoms with van der Waals surface area (Å²) in [6.07, 6.45) is 2.18. The van der Waals surface area contributed by atoms with Gasteiger partial charge in [0.2, 0.25) is 0 Å². The van der Waals surface area contributed by atoms with Gasteiger partial charge in [-0.15, -0.1) is 12.4 Å². The number of hydrogen-bond acceptors (Lipinski definition) is 2. The van der Waals surface area contributed by atoms with Crippen molar-refractivity contribution in [3.05, 3.63) is 99.5 Å². The van der Waals surface area contributed by atoms with Gasteiger partial charge in [0.05, 0.1) is 10.0 Å². The highest BCUT2D eigenvalue weighted by molar-refractivity contribution is 6.37. The zero-order valence-electron chi connectivity index (χ0n) is 16.4. The molecule has 5 heteroatoms. The van der Waals surface area contributed by atoms with E-state index in [9.17, 15) is 0 Å². The van der Waals surface area contributed by atoms with Crippen LogP contribution in [0.5, 0.6) is 5.75 Å². The minimum atomic E-state index is 0. The molecule has 1 N–H and O–H groups in total. The Morgan fingerprint density at radius 2 is 1.45 bits per heavy atom. The van der Waals surface area contributed by atoms with Crippen LogP contribution in [-0.4, -0.2) is 0 Å². The first-order chi connectivity index (χ1) is 13.7. The number of benzene rings is 3. The molecular formula is C24H26Cl3NO. The maximum Gasteiger partial charge on any atom is 0.156 e. The van der Waals surface area contributed by atoms with E-state index in [4.69, 9.17) is 27.9 Å². The Bertz CT molecular complexity index is 849. The Kier molecular flexibility index (Phi) is 9.83. The van der Waals surface area contributed by atoms with Gasteiger partial charge >= 0.3 is 0 Å². The van der Waals surface area contributed by atoms with Gasteiger partial charge in [0, 0.05) is 12.6 Å². The van der Waals surface area contributed by atoms with E-state index in [0.717, 1.165) is 24.0 Å². The molecule has 0 aromatic heterocycles. The molecule has 1 atom stereocenters. The summed E-state index contributed by atoms with van der Waals surface area (Å²) in [5, 5.41) is 4.70. The number of hydrogen-bond donors (Lipinski definition) is 1. The molecule has 0 amide bonds. The van der Waals surface area contributed by atoms with Crippen molar-refractivity contribution < 1.29 is 4.74 Å². The summed E-state index contributed by atoms with van der Waals surface area (Å²) in [7, 11) is 0. The molecule has 2 nitrogen and oxygen atoms in total. The van der Waals surface area contributed by atoms with Crippen molar-refractivity contribution in [3.8, 4) is 5.75 Å². The van der Waals surface area contributed by atoms with Crippen LogP contribution < -0.4 is 10.1 Å². The zero-order chi connectivity index (χ0) is 19.8. The molecular weight excluding hydrogens is 425 g/mol. The second-order valence-electron chi connectivity index (χ2n) is 6.80. The molecule has 0 aliphatic heterocycles. The second kappa shape index (κ2) is 12.1. The van der Waals surface area contributed by atoms with Gasteiger partial charge in [-0.05, 0) is 35.2 Å². The Hall–Kier alpha value is -1.71. The second-order valence-corrected chi connectivity index (χ2v) is 7.61. The van der Waals surface area contributed by atoms with E-state index in [1.807, 2.05) is 48.5 Å². The highest BCUT2D eigenvalue weighted by Crippen LogP contribution is 2.35. The van der Waals surface area contributed by atoms with Gasteiger partial charge in [-0.2, -0.15) is 0 Å². The Balaban J connectivity index is 0.00000300. The van der Waals surface area contributed by atoms with Crippen LogP contribution >= 0.6 is 35.6 Å². The van der Waals surface area contributed by atoms with Crippen LogP contribution in [0.3, 0.4) is 0 Å². The molecule has 0 saturated heterocycles. The average Bonchev–Trinajstić information content (AvgIpc) is 2.72. The first-order valence-electron chi connectivity index (χ1n) is 9.60. The maximum absolute atomic E-state index is 6.46. The molecule has 0 heterocycles. The maximum atomic E-state index is 6.46. The lowest BCUT2D eigenvalue weighted by atomic mass is 10.0. The quantitative estimate of drug-likeness (QED) is 0.362. The van der Waals surface area contributed by atoms with Crippen molar-refractivity contribution in [2.45, 2.75) is 39.0 Å². The Morgan fingerprint density at radius 3 is 2.03 bits per heavy atom. The molecule has 0 aliphatic carbocycles. The van der Waals surface area contributed by atoms with E-state index >= 15 is 0 Å². The van der Waals surface area contributed by atoms with Gasteiger partial charge in [-0.25, -0.2) is 0 Å². The van der Waals surface area contributed by atoms with Crippen LogP contribution in [0.1, 0.15) is 42.5 Å². The Labute approximate surface area is 189 Å². The summed E-state index contributed by atoms with van der Waals surface area (Å²) in [5.74, 6) is 0.532. The molecule has 154 valence electrons. The first kappa shape index (κ1) is 23.6. The van der Waals surface area contributed by atoms with Crippen LogP contribution in [-0.2, 0) is 13.2 Å². The fraction of sp³-hybridized carbons (Fsp3) is 0.250. The molecule has 0 fully saturated rings. The summed E-state index contributed by atoms with van der Waals surface area (Å²) >= 11 is 12.9. The predicted octanol–water partition coefficient (Wildman–Crippen LogP) is 7.63. The number of nitrogens with one attached hydrogen (secondary N) is 1. The van der Waals surface area contributed by atoms with Crippen LogP contribution in [0, 0.1) is 0 Å². The van der Waals surface area contributed by atoms with E-state index in [1.54, 1.807) is 0 Å². The molecule has 29 heavy (non-hydrogen) atoms. The average molecular weight is 451 g/mol. The highest BCUT2D eigenvalue weighted by Gasteiger charge is 2.13. The largest absolute Gasteiger partial charge is 0.486 e. The van der Waals surface area contributed by atoms with Gasteiger partial charge in [0.1, 0.15) is 6.61 Å². The van der Waals surface area contributed by atoms with Crippen LogP contribution in [0.2, 0.25) is 10.0 Å². The van der Waals surface area contributed by atoms with Gasteiger partial charge in [0.15, 0.2) is 5.75 Å². The molecule has 0 aliphatic rings. The van der Waals surface area contributed by atoms with Crippen LogP contribution in [0.4, 0.5) is 0 Å². The fourth-order valence-corrected chi connectivity index (χ4v) is 3.83. The molecule has 3 aromatic carbocycles. The van der Waals surface area contributed by atoms with Crippen molar-refractivity contribution in [3.63, 3.8) is 0 Å². The van der Waals surface area contributed by atoms with Crippen molar-refractivity contribution in [1.82, 2.24) is 5.32 Å². The number of ether oxygens (including phenoxy) is 1. The third-order valence-electron chi connectivity index (χ3n) is 4.62. The van der Waals surface area contributed by atoms with E-state index in [-0.39, 0.29) is 12.4 Å². The standard InChI is InChI=1S/C24H25Cl2NO.ClH/c1-2-9-23(20-12-7-4-8-13-20)27-16-19-14-21(25)24(22(26)15-19)28-17-18-10-5-3-6-11-18;/h3-8,10-15,23,27H,2,9,16-17H2,1H3;1H. The number of rotatable bonds is 9. The lowest BCUT2D eigenvalue weighted by Gasteiger charge is -2.19. The van der Waals surface area contributed by atoms with Gasteiger partial charge < -0.3 is 10.1 Å². The van der Waals surface area contributed by atoms with E-state index in [2.05, 4.69) is 36.5 Å². The monoisotopic (exact) mass is 449 g/mol. The van der Waals surface area contributed by atoms with Gasteiger partial charge in [-0.3, -0.25) is 0 Å². The zero-order valence-corrected chi connectivity index (χ0v) is 18.7. The number of halogens is 3. The third-order valence-corrected chi connectivity index (χ3v) is 5.18. The lowest BCUT2D eigenvalue weighted by molar-refractivity contribution is 0.306. The minimum Gasteiger partial charge on any atom is -0.486 e. The summed E-state index contributed by atoms with van der Waals surface area (Å²) in [6, 6.07) is 24.6. The summed E-state index contributed by atoms with van der Waals surface area (Å²) in [6.45, 7) is 3.33. The normalized spacial score (nSPS) is 11.6. The van der Waals surface area contributed by atoms with Crippen molar-refractivity contribution in [1.29, 1.82) is 0 Å². The summed E-state index contributed by atoms with van der Waals surface area (Å²) < 4.78 is 5.86. The molecule has 0 spiro atoms. The summed E-state index contributed by atoms with van der Waals surface area (Å²) in [4.78, 5) is 0. The fourth-order valence-electron chi connectivity index (χ4n) is 3.18. The highest BCUT2D eigenvalue weighted by atomic mass is 35.5. The van der Waals surface area contributed by atoms with Crippen molar-refractivity contribution in [2.24, 2.45) is 0 Å². The molecule has 0 radical (unpaired) electrons. The van der Waals surface area contributed by atoms with Crippen LogP contribution in [0.15, 0.2) is 72.8 Å². The molecule has 3 aromatic rings. The van der Waals surface area contributed by atoms with E-state index in [0.29, 0.717) is 35.0 Å².